The van der Waals surface area contributed by atoms with E-state index in [4.69, 9.17) is 4.74 Å². The van der Waals surface area contributed by atoms with Crippen molar-refractivity contribution in [2.24, 2.45) is 0 Å². The lowest BCUT2D eigenvalue weighted by atomic mass is 10.0. The third kappa shape index (κ3) is 7.81. The molecule has 0 bridgehead atoms. The number of carbonyl (C=O) groups is 2. The molecule has 0 saturated heterocycles. The molecule has 0 unspecified atom stereocenters. The number of nitrogens with zero attached hydrogens (tertiary/aromatic N) is 2. The summed E-state index contributed by atoms with van der Waals surface area (Å²) in [6, 6.07) is 29.3. The van der Waals surface area contributed by atoms with Crippen LogP contribution < -0.4 is 14.4 Å². The Hall–Kier alpha value is -4.63. The summed E-state index contributed by atoms with van der Waals surface area (Å²) in [7, 11) is -1.17. The van der Waals surface area contributed by atoms with Crippen molar-refractivity contribution < 1.29 is 22.7 Å². The molecule has 0 aromatic heterocycles. The minimum atomic E-state index is -4.18. The maximum absolute atomic E-state index is 14.3. The molecule has 4 aromatic carbocycles. The van der Waals surface area contributed by atoms with Crippen LogP contribution in [0.2, 0.25) is 0 Å². The van der Waals surface area contributed by atoms with Crippen molar-refractivity contribution in [2.45, 2.75) is 37.8 Å². The van der Waals surface area contributed by atoms with Gasteiger partial charge in [0.1, 0.15) is 18.3 Å². The van der Waals surface area contributed by atoms with Gasteiger partial charge in [0.25, 0.3) is 10.0 Å². The zero-order valence-electron chi connectivity index (χ0n) is 24.9. The number of ether oxygens (including phenoxy) is 1. The number of aryl methyl sites for hydroxylation is 2. The van der Waals surface area contributed by atoms with E-state index in [9.17, 15) is 18.0 Å². The second-order valence-electron chi connectivity index (χ2n) is 10.4. The second kappa shape index (κ2) is 14.0. The van der Waals surface area contributed by atoms with Crippen LogP contribution in [-0.2, 0) is 32.6 Å². The van der Waals surface area contributed by atoms with Gasteiger partial charge in [0.05, 0.1) is 17.7 Å². The molecule has 4 aromatic rings. The maximum atomic E-state index is 14.3. The van der Waals surface area contributed by atoms with Gasteiger partial charge in [-0.05, 0) is 49.2 Å². The molecule has 1 N–H and O–H groups in total. The molecule has 1 atom stereocenters. The van der Waals surface area contributed by atoms with E-state index in [2.05, 4.69) is 5.32 Å². The molecule has 0 radical (unpaired) electrons. The van der Waals surface area contributed by atoms with Crippen LogP contribution in [0.25, 0.3) is 0 Å². The predicted molar refractivity (Wildman–Crippen MR) is 168 cm³/mol. The number of benzene rings is 4. The van der Waals surface area contributed by atoms with E-state index in [0.717, 1.165) is 26.6 Å². The lowest BCUT2D eigenvalue weighted by molar-refractivity contribution is -0.139. The van der Waals surface area contributed by atoms with Crippen molar-refractivity contribution in [1.82, 2.24) is 10.2 Å². The molecule has 0 fully saturated rings. The number of carbonyl (C=O) groups excluding carboxylic acids is 2. The van der Waals surface area contributed by atoms with Gasteiger partial charge in [-0.15, -0.1) is 0 Å². The average molecular weight is 600 g/mol. The Morgan fingerprint density at radius 1 is 0.814 bits per heavy atom. The number of rotatable bonds is 12. The van der Waals surface area contributed by atoms with Crippen LogP contribution in [0.3, 0.4) is 0 Å². The van der Waals surface area contributed by atoms with Crippen LogP contribution in [0.15, 0.2) is 108 Å². The highest BCUT2D eigenvalue weighted by Gasteiger charge is 2.34. The molecule has 43 heavy (non-hydrogen) atoms. The van der Waals surface area contributed by atoms with Gasteiger partial charge in [-0.25, -0.2) is 8.42 Å². The molecule has 0 saturated carbocycles. The van der Waals surface area contributed by atoms with Gasteiger partial charge in [-0.2, -0.15) is 0 Å². The molecule has 0 aliphatic carbocycles. The van der Waals surface area contributed by atoms with Gasteiger partial charge >= 0.3 is 0 Å². The van der Waals surface area contributed by atoms with Crippen LogP contribution >= 0.6 is 0 Å². The SMILES string of the molecule is CNC(=O)[C@@H](Cc1ccccc1)N(Cc1ccc(C)cc1)C(=O)CN(c1cccc(OC)c1)S(=O)(=O)c1ccc(C)cc1. The number of amides is 2. The lowest BCUT2D eigenvalue weighted by Crippen LogP contribution is -2.53. The Bertz CT molecular complexity index is 1640. The summed E-state index contributed by atoms with van der Waals surface area (Å²) in [6.07, 6.45) is 0.252. The first kappa shape index (κ1) is 31.3. The number of hydrogen-bond donors (Lipinski definition) is 1. The summed E-state index contributed by atoms with van der Waals surface area (Å²) < 4.78 is 34.6. The topological polar surface area (TPSA) is 96.0 Å². The van der Waals surface area contributed by atoms with Crippen LogP contribution in [-0.4, -0.2) is 51.9 Å². The zero-order valence-corrected chi connectivity index (χ0v) is 25.7. The van der Waals surface area contributed by atoms with Crippen LogP contribution in [0.1, 0.15) is 22.3 Å². The zero-order chi connectivity index (χ0) is 31.0. The molecule has 0 aliphatic rings. The van der Waals surface area contributed by atoms with Gasteiger partial charge in [0.2, 0.25) is 11.8 Å². The van der Waals surface area contributed by atoms with Crippen molar-refractivity contribution in [2.75, 3.05) is 25.0 Å². The third-order valence-corrected chi connectivity index (χ3v) is 9.01. The number of hydrogen-bond acceptors (Lipinski definition) is 5. The Labute approximate surface area is 254 Å². The van der Waals surface area contributed by atoms with Crippen LogP contribution in [0, 0.1) is 13.8 Å². The summed E-state index contributed by atoms with van der Waals surface area (Å²) >= 11 is 0. The average Bonchev–Trinajstić information content (AvgIpc) is 3.02. The molecular weight excluding hydrogens is 562 g/mol. The van der Waals surface area contributed by atoms with Gasteiger partial charge in [0, 0.05) is 26.1 Å². The molecular formula is C34H37N3O5S. The smallest absolute Gasteiger partial charge is 0.264 e. The first-order valence-corrected chi connectivity index (χ1v) is 15.4. The molecule has 4 rings (SSSR count). The summed E-state index contributed by atoms with van der Waals surface area (Å²) in [6.45, 7) is 3.42. The van der Waals surface area contributed by atoms with Gasteiger partial charge in [-0.3, -0.25) is 13.9 Å². The minimum Gasteiger partial charge on any atom is -0.497 e. The number of sulfonamides is 1. The minimum absolute atomic E-state index is 0.0472. The predicted octanol–water partition coefficient (Wildman–Crippen LogP) is 4.89. The summed E-state index contributed by atoms with van der Waals surface area (Å²) in [5, 5.41) is 2.70. The lowest BCUT2D eigenvalue weighted by Gasteiger charge is -2.33. The van der Waals surface area contributed by atoms with Crippen LogP contribution in [0.4, 0.5) is 5.69 Å². The van der Waals surface area contributed by atoms with Gasteiger partial charge in [0.15, 0.2) is 0 Å². The monoisotopic (exact) mass is 599 g/mol. The van der Waals surface area contributed by atoms with Gasteiger partial charge < -0.3 is 15.0 Å². The van der Waals surface area contributed by atoms with Crippen LogP contribution in [0.5, 0.6) is 5.75 Å². The van der Waals surface area contributed by atoms with Gasteiger partial charge in [-0.1, -0.05) is 83.9 Å². The maximum Gasteiger partial charge on any atom is 0.264 e. The number of likely N-dealkylation sites (N-methyl/N-ethyl adjacent to an activating group) is 1. The number of anilines is 1. The quantitative estimate of drug-likeness (QED) is 0.250. The number of nitrogens with one attached hydrogen (secondary N) is 1. The van der Waals surface area contributed by atoms with Crippen molar-refractivity contribution in [3.05, 3.63) is 125 Å². The summed E-state index contributed by atoms with van der Waals surface area (Å²) in [5.74, 6) is -0.430. The van der Waals surface area contributed by atoms with E-state index >= 15 is 0 Å². The first-order valence-electron chi connectivity index (χ1n) is 14.0. The van der Waals surface area contributed by atoms with Crippen molar-refractivity contribution in [3.63, 3.8) is 0 Å². The highest BCUT2D eigenvalue weighted by molar-refractivity contribution is 7.92. The van der Waals surface area contributed by atoms with Crippen molar-refractivity contribution >= 4 is 27.5 Å². The van der Waals surface area contributed by atoms with E-state index in [0.29, 0.717) is 5.75 Å². The molecule has 0 spiro atoms. The highest BCUT2D eigenvalue weighted by Crippen LogP contribution is 2.28. The second-order valence-corrected chi connectivity index (χ2v) is 12.2. The summed E-state index contributed by atoms with van der Waals surface area (Å²) in [4.78, 5) is 29.2. The van der Waals surface area contributed by atoms with E-state index < -0.39 is 28.5 Å². The van der Waals surface area contributed by atoms with E-state index in [1.807, 2.05) is 68.4 Å². The Morgan fingerprint density at radius 3 is 2.05 bits per heavy atom. The standard InChI is InChI=1S/C34H37N3O5S/c1-25-13-17-28(18-14-25)23-36(32(34(39)35-3)21-27-9-6-5-7-10-27)33(38)24-37(29-11-8-12-30(22-29)42-4)43(40,41)31-19-15-26(2)16-20-31/h5-20,22,32H,21,23-24H2,1-4H3,(H,35,39)/t32-/m1/s1. The Balaban J connectivity index is 1.79. The van der Waals surface area contributed by atoms with E-state index in [1.54, 1.807) is 36.4 Å². The van der Waals surface area contributed by atoms with E-state index in [1.165, 1.54) is 31.2 Å². The first-order chi connectivity index (χ1) is 20.6. The molecule has 2 amide bonds. The largest absolute Gasteiger partial charge is 0.497 e. The fraction of sp³-hybridized carbons (Fsp3) is 0.235. The van der Waals surface area contributed by atoms with E-state index in [-0.39, 0.29) is 29.5 Å². The summed E-state index contributed by atoms with van der Waals surface area (Å²) in [5.41, 5.74) is 3.91. The number of methoxy groups -OCH3 is 1. The highest BCUT2D eigenvalue weighted by atomic mass is 32.2. The molecule has 8 nitrogen and oxygen atoms in total. The molecule has 9 heteroatoms. The molecule has 224 valence electrons. The molecule has 0 heterocycles. The Kier molecular flexibility index (Phi) is 10.2. The van der Waals surface area contributed by atoms with Crippen molar-refractivity contribution in [3.8, 4) is 5.75 Å². The normalized spacial score (nSPS) is 11.8. The fourth-order valence-electron chi connectivity index (χ4n) is 4.74. The van der Waals surface area contributed by atoms with Crippen molar-refractivity contribution in [1.29, 1.82) is 0 Å². The fourth-order valence-corrected chi connectivity index (χ4v) is 6.15. The molecule has 0 aliphatic heterocycles. The Morgan fingerprint density at radius 2 is 1.44 bits per heavy atom. The third-order valence-electron chi connectivity index (χ3n) is 7.22.